The molecule has 1 N–H and O–H groups in total. The summed E-state index contributed by atoms with van der Waals surface area (Å²) in [5, 5.41) is 9.98. The van der Waals surface area contributed by atoms with Gasteiger partial charge in [-0.1, -0.05) is 11.6 Å². The molecule has 0 amide bonds. The number of aromatic nitrogens is 3. The smallest absolute Gasteiger partial charge is 0.335 e. The van der Waals surface area contributed by atoms with Gasteiger partial charge in [-0.3, -0.25) is 0 Å². The molecule has 0 saturated heterocycles. The first-order valence-electron chi connectivity index (χ1n) is 4.92. The fourth-order valence-corrected chi connectivity index (χ4v) is 2.16. The van der Waals surface area contributed by atoms with Crippen LogP contribution in [-0.2, 0) is 0 Å². The molecule has 2 heterocycles. The Labute approximate surface area is 112 Å². The number of rotatable bonds is 3. The Hall–Kier alpha value is -1.66. The van der Waals surface area contributed by atoms with Crippen molar-refractivity contribution in [3.63, 3.8) is 0 Å². The topological polar surface area (TPSA) is 76.0 Å². The van der Waals surface area contributed by atoms with Crippen LogP contribution in [0.3, 0.4) is 0 Å². The third-order valence-electron chi connectivity index (χ3n) is 1.97. The third kappa shape index (κ3) is 3.18. The van der Waals surface area contributed by atoms with Gasteiger partial charge in [-0.15, -0.1) is 0 Å². The summed E-state index contributed by atoms with van der Waals surface area (Å²) in [5.41, 5.74) is 1.04. The Kier molecular flexibility index (Phi) is 3.78. The molecule has 7 heteroatoms. The van der Waals surface area contributed by atoms with Gasteiger partial charge in [-0.05, 0) is 36.4 Å². The molecule has 2 rings (SSSR count). The number of pyridine rings is 1. The third-order valence-corrected chi connectivity index (χ3v) is 2.98. The van der Waals surface area contributed by atoms with E-state index in [4.69, 9.17) is 16.7 Å². The summed E-state index contributed by atoms with van der Waals surface area (Å²) in [6, 6.07) is 2.73. The van der Waals surface area contributed by atoms with Crippen molar-refractivity contribution in [2.75, 3.05) is 0 Å². The van der Waals surface area contributed by atoms with Crippen LogP contribution in [0.1, 0.15) is 15.9 Å². The lowest BCUT2D eigenvalue weighted by atomic mass is 10.3. The fourth-order valence-electron chi connectivity index (χ4n) is 1.18. The Bertz CT molecular complexity index is 589. The van der Waals surface area contributed by atoms with Gasteiger partial charge in [0.1, 0.15) is 10.2 Å². The molecule has 0 saturated carbocycles. The van der Waals surface area contributed by atoms with Crippen molar-refractivity contribution >= 4 is 29.3 Å². The van der Waals surface area contributed by atoms with Crippen molar-refractivity contribution in [2.45, 2.75) is 17.1 Å². The SMILES string of the molecule is Cc1cnc(Sc2cc(C(=O)O)cc(Cl)n2)nc1. The largest absolute Gasteiger partial charge is 0.478 e. The number of aryl methyl sites for hydroxylation is 1. The van der Waals surface area contributed by atoms with E-state index in [9.17, 15) is 4.79 Å². The molecule has 0 aromatic carbocycles. The van der Waals surface area contributed by atoms with E-state index in [1.807, 2.05) is 6.92 Å². The average molecular weight is 282 g/mol. The predicted octanol–water partition coefficient (Wildman–Crippen LogP) is 2.68. The molecule has 0 aliphatic heterocycles. The Morgan fingerprint density at radius 2 is 2.00 bits per heavy atom. The number of halogens is 1. The summed E-state index contributed by atoms with van der Waals surface area (Å²) < 4.78 is 0. The molecule has 0 aliphatic rings. The molecule has 0 radical (unpaired) electrons. The van der Waals surface area contributed by atoms with Crippen molar-refractivity contribution in [1.29, 1.82) is 0 Å². The van der Waals surface area contributed by atoms with Gasteiger partial charge in [0, 0.05) is 12.4 Å². The summed E-state index contributed by atoms with van der Waals surface area (Å²) in [6.07, 6.45) is 3.36. The van der Waals surface area contributed by atoms with Crippen molar-refractivity contribution in [1.82, 2.24) is 15.0 Å². The summed E-state index contributed by atoms with van der Waals surface area (Å²) in [6.45, 7) is 1.88. The minimum atomic E-state index is -1.05. The van der Waals surface area contributed by atoms with E-state index < -0.39 is 5.97 Å². The van der Waals surface area contributed by atoms with Crippen molar-refractivity contribution in [3.05, 3.63) is 40.8 Å². The molecular formula is C11H8ClN3O2S. The van der Waals surface area contributed by atoms with Crippen LogP contribution in [0.4, 0.5) is 0 Å². The molecule has 0 atom stereocenters. The Balaban J connectivity index is 2.28. The number of hydrogen-bond acceptors (Lipinski definition) is 5. The predicted molar refractivity (Wildman–Crippen MR) is 67.1 cm³/mol. The van der Waals surface area contributed by atoms with E-state index in [0.29, 0.717) is 10.2 Å². The first-order valence-corrected chi connectivity index (χ1v) is 6.11. The summed E-state index contributed by atoms with van der Waals surface area (Å²) in [7, 11) is 0. The molecule has 0 aliphatic carbocycles. The van der Waals surface area contributed by atoms with Gasteiger partial charge in [-0.2, -0.15) is 0 Å². The van der Waals surface area contributed by atoms with Crippen LogP contribution in [0.5, 0.6) is 0 Å². The molecular weight excluding hydrogens is 274 g/mol. The number of carboxylic acids is 1. The maximum absolute atomic E-state index is 10.9. The zero-order valence-corrected chi connectivity index (χ0v) is 10.9. The highest BCUT2D eigenvalue weighted by Gasteiger charge is 2.09. The number of aromatic carboxylic acids is 1. The zero-order valence-electron chi connectivity index (χ0n) is 9.29. The molecule has 2 aromatic rings. The summed E-state index contributed by atoms with van der Waals surface area (Å²) >= 11 is 6.92. The van der Waals surface area contributed by atoms with E-state index in [-0.39, 0.29) is 10.7 Å². The second-order valence-corrected chi connectivity index (χ2v) is 4.84. The first kappa shape index (κ1) is 12.8. The minimum absolute atomic E-state index is 0.0876. The quantitative estimate of drug-likeness (QED) is 0.688. The maximum atomic E-state index is 10.9. The van der Waals surface area contributed by atoms with E-state index >= 15 is 0 Å². The molecule has 92 valence electrons. The van der Waals surface area contributed by atoms with E-state index in [1.54, 1.807) is 12.4 Å². The molecule has 2 aromatic heterocycles. The zero-order chi connectivity index (χ0) is 13.1. The highest BCUT2D eigenvalue weighted by Crippen LogP contribution is 2.25. The summed E-state index contributed by atoms with van der Waals surface area (Å²) in [4.78, 5) is 23.1. The highest BCUT2D eigenvalue weighted by molar-refractivity contribution is 7.99. The van der Waals surface area contributed by atoms with Crippen LogP contribution < -0.4 is 0 Å². The average Bonchev–Trinajstić information content (AvgIpc) is 2.31. The highest BCUT2D eigenvalue weighted by atomic mass is 35.5. The molecule has 0 spiro atoms. The first-order chi connectivity index (χ1) is 8.54. The van der Waals surface area contributed by atoms with Crippen molar-refractivity contribution < 1.29 is 9.90 Å². The van der Waals surface area contributed by atoms with E-state index in [0.717, 1.165) is 17.3 Å². The van der Waals surface area contributed by atoms with Crippen LogP contribution in [-0.4, -0.2) is 26.0 Å². The lowest BCUT2D eigenvalue weighted by molar-refractivity contribution is 0.0696. The van der Waals surface area contributed by atoms with Crippen LogP contribution in [0.25, 0.3) is 0 Å². The Morgan fingerprint density at radius 3 is 2.61 bits per heavy atom. The lowest BCUT2D eigenvalue weighted by Crippen LogP contribution is -1.98. The second kappa shape index (κ2) is 5.32. The molecule has 18 heavy (non-hydrogen) atoms. The van der Waals surface area contributed by atoms with Crippen LogP contribution in [0.2, 0.25) is 5.15 Å². The minimum Gasteiger partial charge on any atom is -0.478 e. The summed E-state index contributed by atoms with van der Waals surface area (Å²) in [5.74, 6) is -1.05. The van der Waals surface area contributed by atoms with Crippen LogP contribution in [0, 0.1) is 6.92 Å². The van der Waals surface area contributed by atoms with Gasteiger partial charge in [0.25, 0.3) is 0 Å². The lowest BCUT2D eigenvalue weighted by Gasteiger charge is -2.02. The van der Waals surface area contributed by atoms with Crippen molar-refractivity contribution in [2.24, 2.45) is 0 Å². The normalized spacial score (nSPS) is 10.3. The monoisotopic (exact) mass is 281 g/mol. The Morgan fingerprint density at radius 1 is 1.33 bits per heavy atom. The van der Waals surface area contributed by atoms with Gasteiger partial charge in [-0.25, -0.2) is 19.7 Å². The van der Waals surface area contributed by atoms with Gasteiger partial charge in [0.05, 0.1) is 5.56 Å². The molecule has 5 nitrogen and oxygen atoms in total. The van der Waals surface area contributed by atoms with Gasteiger partial charge in [0.2, 0.25) is 0 Å². The van der Waals surface area contributed by atoms with Crippen LogP contribution >= 0.6 is 23.4 Å². The fraction of sp³-hybridized carbons (Fsp3) is 0.0909. The number of hydrogen-bond donors (Lipinski definition) is 1. The molecule has 0 unspecified atom stereocenters. The van der Waals surface area contributed by atoms with Crippen LogP contribution in [0.15, 0.2) is 34.7 Å². The molecule has 0 fully saturated rings. The van der Waals surface area contributed by atoms with E-state index in [2.05, 4.69) is 15.0 Å². The van der Waals surface area contributed by atoms with Crippen molar-refractivity contribution in [3.8, 4) is 0 Å². The van der Waals surface area contributed by atoms with E-state index in [1.165, 1.54) is 12.1 Å². The molecule has 0 bridgehead atoms. The number of carboxylic acid groups (broad SMARTS) is 1. The second-order valence-electron chi connectivity index (χ2n) is 3.47. The van der Waals surface area contributed by atoms with Gasteiger partial charge < -0.3 is 5.11 Å². The standard InChI is InChI=1S/C11H8ClN3O2S/c1-6-4-13-11(14-5-6)18-9-3-7(10(16)17)2-8(12)15-9/h2-5H,1H3,(H,16,17). The number of nitrogens with zero attached hydrogens (tertiary/aromatic N) is 3. The van der Waals surface area contributed by atoms with Gasteiger partial charge >= 0.3 is 5.97 Å². The van der Waals surface area contributed by atoms with Gasteiger partial charge in [0.15, 0.2) is 5.16 Å². The maximum Gasteiger partial charge on any atom is 0.335 e. The number of carbonyl (C=O) groups is 1.